The second-order valence-electron chi connectivity index (χ2n) is 4.43. The highest BCUT2D eigenvalue weighted by Crippen LogP contribution is 2.13. The minimum atomic E-state index is -0.0811. The van der Waals surface area contributed by atoms with Gasteiger partial charge in [0.05, 0.1) is 0 Å². The second kappa shape index (κ2) is 6.52. The van der Waals surface area contributed by atoms with E-state index in [1.807, 2.05) is 37.3 Å². The summed E-state index contributed by atoms with van der Waals surface area (Å²) in [6.07, 6.45) is 1.63. The van der Waals surface area contributed by atoms with Crippen molar-refractivity contribution in [2.75, 3.05) is 12.3 Å². The van der Waals surface area contributed by atoms with Crippen molar-refractivity contribution in [3.05, 3.63) is 58.3 Å². The molecule has 4 nitrogen and oxygen atoms in total. The van der Waals surface area contributed by atoms with Crippen LogP contribution in [0, 0.1) is 0 Å². The van der Waals surface area contributed by atoms with Crippen molar-refractivity contribution in [2.45, 2.75) is 13.5 Å². The van der Waals surface area contributed by atoms with E-state index in [9.17, 15) is 4.79 Å². The van der Waals surface area contributed by atoms with Crippen molar-refractivity contribution >= 4 is 27.5 Å². The largest absolute Gasteiger partial charge is 0.399 e. The Bertz CT molecular complexity index is 598. The maximum absolute atomic E-state index is 12.4. The molecule has 0 fully saturated rings. The molecule has 0 saturated carbocycles. The second-order valence-corrected chi connectivity index (χ2v) is 5.34. The number of carbonyl (C=O) groups is 1. The van der Waals surface area contributed by atoms with Crippen LogP contribution >= 0.6 is 15.9 Å². The number of nitrogens with two attached hydrogens (primary N) is 1. The molecule has 0 atom stereocenters. The Kier molecular flexibility index (Phi) is 4.74. The summed E-state index contributed by atoms with van der Waals surface area (Å²) in [6.45, 7) is 3.09. The van der Waals surface area contributed by atoms with Gasteiger partial charge in [-0.3, -0.25) is 4.79 Å². The third-order valence-electron chi connectivity index (χ3n) is 2.94. The molecule has 1 amide bonds. The summed E-state index contributed by atoms with van der Waals surface area (Å²) in [5.41, 5.74) is 7.92. The van der Waals surface area contributed by atoms with Crippen LogP contribution in [0.2, 0.25) is 0 Å². The maximum Gasteiger partial charge on any atom is 0.272 e. The van der Waals surface area contributed by atoms with Gasteiger partial charge in [0.1, 0.15) is 5.69 Å². The molecular weight excluding hydrogens is 318 g/mol. The van der Waals surface area contributed by atoms with Crippen LogP contribution in [-0.2, 0) is 6.54 Å². The van der Waals surface area contributed by atoms with Gasteiger partial charge in [-0.25, -0.2) is 4.98 Å². The van der Waals surface area contributed by atoms with Crippen LogP contribution in [0.15, 0.2) is 47.1 Å². The number of nitrogens with zero attached hydrogens (tertiary/aromatic N) is 2. The number of hydrogen-bond donors (Lipinski definition) is 1. The minimum Gasteiger partial charge on any atom is -0.399 e. The molecule has 0 spiro atoms. The van der Waals surface area contributed by atoms with Gasteiger partial charge in [0.25, 0.3) is 5.91 Å². The third kappa shape index (κ3) is 3.57. The van der Waals surface area contributed by atoms with Gasteiger partial charge in [0, 0.05) is 29.4 Å². The molecule has 0 radical (unpaired) electrons. The van der Waals surface area contributed by atoms with Gasteiger partial charge in [0.2, 0.25) is 0 Å². The summed E-state index contributed by atoms with van der Waals surface area (Å²) >= 11 is 3.31. The summed E-state index contributed by atoms with van der Waals surface area (Å²) < 4.78 is 0.855. The van der Waals surface area contributed by atoms with Crippen LogP contribution in [0.25, 0.3) is 0 Å². The zero-order valence-corrected chi connectivity index (χ0v) is 12.8. The SMILES string of the molecule is CCN(Cc1cccc(N)c1)C(=O)c1ccc(Br)cn1. The summed E-state index contributed by atoms with van der Waals surface area (Å²) in [6, 6.07) is 11.1. The summed E-state index contributed by atoms with van der Waals surface area (Å²) in [5.74, 6) is -0.0811. The van der Waals surface area contributed by atoms with Crippen LogP contribution in [-0.4, -0.2) is 22.3 Å². The van der Waals surface area contributed by atoms with E-state index >= 15 is 0 Å². The Morgan fingerprint density at radius 3 is 2.75 bits per heavy atom. The first-order chi connectivity index (χ1) is 9.60. The van der Waals surface area contributed by atoms with E-state index < -0.39 is 0 Å². The normalized spacial score (nSPS) is 10.3. The number of carbonyl (C=O) groups excluding carboxylic acids is 1. The number of pyridine rings is 1. The topological polar surface area (TPSA) is 59.2 Å². The van der Waals surface area contributed by atoms with Gasteiger partial charge >= 0.3 is 0 Å². The van der Waals surface area contributed by atoms with Crippen LogP contribution in [0.1, 0.15) is 23.0 Å². The molecule has 0 aliphatic carbocycles. The van der Waals surface area contributed by atoms with Crippen molar-refractivity contribution in [3.8, 4) is 0 Å². The van der Waals surface area contributed by atoms with Gasteiger partial charge in [-0.1, -0.05) is 12.1 Å². The first kappa shape index (κ1) is 14.5. The Labute approximate surface area is 126 Å². The fourth-order valence-corrected chi connectivity index (χ4v) is 2.14. The molecular formula is C15H16BrN3O. The number of rotatable bonds is 4. The highest BCUT2D eigenvalue weighted by atomic mass is 79.9. The lowest BCUT2D eigenvalue weighted by atomic mass is 10.2. The van der Waals surface area contributed by atoms with Gasteiger partial charge in [-0.15, -0.1) is 0 Å². The van der Waals surface area contributed by atoms with Crippen molar-refractivity contribution < 1.29 is 4.79 Å². The molecule has 104 valence electrons. The number of halogens is 1. The molecule has 0 aliphatic heterocycles. The predicted molar refractivity (Wildman–Crippen MR) is 83.2 cm³/mol. The standard InChI is InChI=1S/C15H16BrN3O/c1-2-19(10-11-4-3-5-13(17)8-11)15(20)14-7-6-12(16)9-18-14/h3-9H,2,10,17H2,1H3. The van der Waals surface area contributed by atoms with Gasteiger partial charge in [0.15, 0.2) is 0 Å². The van der Waals surface area contributed by atoms with Crippen molar-refractivity contribution in [2.24, 2.45) is 0 Å². The zero-order chi connectivity index (χ0) is 14.5. The minimum absolute atomic E-state index is 0.0811. The van der Waals surface area contributed by atoms with Crippen LogP contribution < -0.4 is 5.73 Å². The highest BCUT2D eigenvalue weighted by Gasteiger charge is 2.15. The van der Waals surface area contributed by atoms with Crippen molar-refractivity contribution in [1.82, 2.24) is 9.88 Å². The van der Waals surface area contributed by atoms with E-state index in [4.69, 9.17) is 5.73 Å². The van der Waals surface area contributed by atoms with E-state index in [1.165, 1.54) is 0 Å². The van der Waals surface area contributed by atoms with E-state index in [1.54, 1.807) is 17.2 Å². The maximum atomic E-state index is 12.4. The molecule has 1 aromatic carbocycles. The van der Waals surface area contributed by atoms with Gasteiger partial charge in [-0.05, 0) is 52.7 Å². The Morgan fingerprint density at radius 1 is 1.35 bits per heavy atom. The molecule has 20 heavy (non-hydrogen) atoms. The van der Waals surface area contributed by atoms with E-state index in [-0.39, 0.29) is 5.91 Å². The number of aromatic nitrogens is 1. The molecule has 2 N–H and O–H groups in total. The average molecular weight is 334 g/mol. The summed E-state index contributed by atoms with van der Waals surface area (Å²) in [4.78, 5) is 18.3. The summed E-state index contributed by atoms with van der Waals surface area (Å²) in [5, 5.41) is 0. The van der Waals surface area contributed by atoms with Crippen molar-refractivity contribution in [3.63, 3.8) is 0 Å². The first-order valence-electron chi connectivity index (χ1n) is 6.35. The monoisotopic (exact) mass is 333 g/mol. The highest BCUT2D eigenvalue weighted by molar-refractivity contribution is 9.10. The average Bonchev–Trinajstić information content (AvgIpc) is 2.45. The fourth-order valence-electron chi connectivity index (χ4n) is 1.90. The fraction of sp³-hybridized carbons (Fsp3) is 0.200. The quantitative estimate of drug-likeness (QED) is 0.874. The van der Waals surface area contributed by atoms with Crippen molar-refractivity contribution in [1.29, 1.82) is 0 Å². The Morgan fingerprint density at radius 2 is 2.15 bits per heavy atom. The zero-order valence-electron chi connectivity index (χ0n) is 11.2. The van der Waals surface area contributed by atoms with Crippen LogP contribution in [0.4, 0.5) is 5.69 Å². The molecule has 2 aromatic rings. The lowest BCUT2D eigenvalue weighted by Crippen LogP contribution is -2.30. The molecule has 0 aliphatic rings. The predicted octanol–water partition coefficient (Wildman–Crippen LogP) is 3.09. The number of benzene rings is 1. The van der Waals surface area contributed by atoms with Crippen LogP contribution in [0.5, 0.6) is 0 Å². The Balaban J connectivity index is 2.15. The molecule has 0 saturated heterocycles. The first-order valence-corrected chi connectivity index (χ1v) is 7.14. The molecule has 5 heteroatoms. The number of nitrogen functional groups attached to an aromatic ring is 1. The lowest BCUT2D eigenvalue weighted by molar-refractivity contribution is 0.0746. The third-order valence-corrected chi connectivity index (χ3v) is 3.41. The van der Waals surface area contributed by atoms with Gasteiger partial charge < -0.3 is 10.6 Å². The molecule has 0 bridgehead atoms. The molecule has 1 aromatic heterocycles. The molecule has 2 rings (SSSR count). The Hall–Kier alpha value is -1.88. The van der Waals surface area contributed by atoms with Gasteiger partial charge in [-0.2, -0.15) is 0 Å². The smallest absolute Gasteiger partial charge is 0.272 e. The molecule has 1 heterocycles. The molecule has 0 unspecified atom stereocenters. The van der Waals surface area contributed by atoms with E-state index in [0.29, 0.717) is 24.5 Å². The van der Waals surface area contributed by atoms with Crippen LogP contribution in [0.3, 0.4) is 0 Å². The van der Waals surface area contributed by atoms with E-state index in [0.717, 1.165) is 10.0 Å². The summed E-state index contributed by atoms with van der Waals surface area (Å²) in [7, 11) is 0. The number of hydrogen-bond acceptors (Lipinski definition) is 3. The number of amides is 1. The lowest BCUT2D eigenvalue weighted by Gasteiger charge is -2.20. The van der Waals surface area contributed by atoms with E-state index in [2.05, 4.69) is 20.9 Å². The number of anilines is 1.